The van der Waals surface area contributed by atoms with Gasteiger partial charge in [0, 0.05) is 0 Å². The molecule has 88 valence electrons. The predicted octanol–water partition coefficient (Wildman–Crippen LogP) is 2.43. The molecule has 0 fully saturated rings. The first kappa shape index (κ1) is 13.3. The second-order valence-corrected chi connectivity index (χ2v) is 4.13. The zero-order chi connectivity index (χ0) is 12.1. The zero-order valence-electron chi connectivity index (χ0n) is 8.87. The molecule has 0 heterocycles. The van der Waals surface area contributed by atoms with E-state index in [0.717, 1.165) is 5.56 Å². The van der Waals surface area contributed by atoms with Crippen molar-refractivity contribution >= 4 is 29.2 Å². The normalized spacial score (nSPS) is 12.2. The maximum absolute atomic E-state index is 11.3. The van der Waals surface area contributed by atoms with Crippen LogP contribution in [0.25, 0.3) is 0 Å². The molecular weight excluding hydrogens is 249 g/mol. The Morgan fingerprint density at radius 1 is 1.44 bits per heavy atom. The van der Waals surface area contributed by atoms with E-state index < -0.39 is 12.0 Å². The molecule has 1 aromatic rings. The van der Waals surface area contributed by atoms with Crippen molar-refractivity contribution in [2.45, 2.75) is 19.4 Å². The number of esters is 1. The zero-order valence-corrected chi connectivity index (χ0v) is 10.4. The van der Waals surface area contributed by atoms with Gasteiger partial charge < -0.3 is 10.5 Å². The van der Waals surface area contributed by atoms with Crippen LogP contribution in [0.1, 0.15) is 12.5 Å². The van der Waals surface area contributed by atoms with E-state index >= 15 is 0 Å². The van der Waals surface area contributed by atoms with Crippen molar-refractivity contribution in [3.8, 4) is 0 Å². The van der Waals surface area contributed by atoms with Crippen LogP contribution in [0.2, 0.25) is 10.0 Å². The summed E-state index contributed by atoms with van der Waals surface area (Å²) in [5.74, 6) is -0.409. The molecule has 0 radical (unpaired) electrons. The molecule has 0 spiro atoms. The van der Waals surface area contributed by atoms with Crippen molar-refractivity contribution in [2.75, 3.05) is 6.61 Å². The lowest BCUT2D eigenvalue weighted by Crippen LogP contribution is -2.34. The van der Waals surface area contributed by atoms with Crippen molar-refractivity contribution in [2.24, 2.45) is 5.73 Å². The molecule has 3 nitrogen and oxygen atoms in total. The number of benzene rings is 1. The molecule has 0 aliphatic carbocycles. The topological polar surface area (TPSA) is 52.3 Å². The Hall–Kier alpha value is -0.770. The van der Waals surface area contributed by atoms with Gasteiger partial charge in [0.1, 0.15) is 6.04 Å². The number of halogens is 2. The maximum Gasteiger partial charge on any atom is 0.323 e. The average molecular weight is 262 g/mol. The lowest BCUT2D eigenvalue weighted by molar-refractivity contribution is -0.144. The van der Waals surface area contributed by atoms with Crippen molar-refractivity contribution < 1.29 is 9.53 Å². The summed E-state index contributed by atoms with van der Waals surface area (Å²) < 4.78 is 4.81. The fourth-order valence-electron chi connectivity index (χ4n) is 1.25. The van der Waals surface area contributed by atoms with Crippen molar-refractivity contribution in [1.82, 2.24) is 0 Å². The standard InChI is InChI=1S/C11H13Cl2NO2/c1-2-16-11(15)10(14)6-7-3-4-8(12)9(13)5-7/h3-5,10H,2,6,14H2,1H3/t10-/m1/s1. The van der Waals surface area contributed by atoms with Gasteiger partial charge in [-0.1, -0.05) is 29.3 Å². The minimum absolute atomic E-state index is 0.327. The molecule has 0 saturated heterocycles. The molecule has 0 aromatic heterocycles. The van der Waals surface area contributed by atoms with Crippen molar-refractivity contribution in [1.29, 1.82) is 0 Å². The van der Waals surface area contributed by atoms with Crippen LogP contribution in [0.4, 0.5) is 0 Å². The molecule has 1 rings (SSSR count). The molecule has 1 atom stereocenters. The highest BCUT2D eigenvalue weighted by Gasteiger charge is 2.15. The second kappa shape index (κ2) is 6.09. The van der Waals surface area contributed by atoms with E-state index in [1.807, 2.05) is 0 Å². The summed E-state index contributed by atoms with van der Waals surface area (Å²) in [5, 5.41) is 0.936. The van der Waals surface area contributed by atoms with Crippen LogP contribution in [-0.2, 0) is 16.0 Å². The molecule has 0 unspecified atom stereocenters. The van der Waals surface area contributed by atoms with Gasteiger partial charge >= 0.3 is 5.97 Å². The van der Waals surface area contributed by atoms with Crippen LogP contribution in [0.3, 0.4) is 0 Å². The Morgan fingerprint density at radius 2 is 2.12 bits per heavy atom. The van der Waals surface area contributed by atoms with E-state index in [1.54, 1.807) is 25.1 Å². The third-order valence-corrected chi connectivity index (χ3v) is 2.77. The Kier molecular flexibility index (Phi) is 5.06. The van der Waals surface area contributed by atoms with E-state index in [-0.39, 0.29) is 0 Å². The highest BCUT2D eigenvalue weighted by molar-refractivity contribution is 6.42. The molecule has 0 aliphatic rings. The van der Waals surface area contributed by atoms with E-state index in [4.69, 9.17) is 33.7 Å². The molecular formula is C11H13Cl2NO2. The quantitative estimate of drug-likeness (QED) is 0.848. The van der Waals surface area contributed by atoms with E-state index in [0.29, 0.717) is 23.1 Å². The van der Waals surface area contributed by atoms with Gasteiger partial charge in [0.2, 0.25) is 0 Å². The summed E-state index contributed by atoms with van der Waals surface area (Å²) in [6.45, 7) is 2.07. The minimum Gasteiger partial charge on any atom is -0.465 e. The first-order valence-corrected chi connectivity index (χ1v) is 5.66. The van der Waals surface area contributed by atoms with Gasteiger partial charge in [0.05, 0.1) is 16.7 Å². The van der Waals surface area contributed by atoms with Gasteiger partial charge in [-0.15, -0.1) is 0 Å². The van der Waals surface area contributed by atoms with Crippen LogP contribution < -0.4 is 5.73 Å². The van der Waals surface area contributed by atoms with Crippen molar-refractivity contribution in [3.05, 3.63) is 33.8 Å². The van der Waals surface area contributed by atoms with Crippen LogP contribution >= 0.6 is 23.2 Å². The van der Waals surface area contributed by atoms with Crippen LogP contribution in [-0.4, -0.2) is 18.6 Å². The van der Waals surface area contributed by atoms with Gasteiger partial charge in [-0.2, -0.15) is 0 Å². The van der Waals surface area contributed by atoms with Crippen LogP contribution in [0, 0.1) is 0 Å². The summed E-state index contributed by atoms with van der Waals surface area (Å²) in [6.07, 6.45) is 0.385. The summed E-state index contributed by atoms with van der Waals surface area (Å²) in [7, 11) is 0. The van der Waals surface area contributed by atoms with Gasteiger partial charge in [0.25, 0.3) is 0 Å². The second-order valence-electron chi connectivity index (χ2n) is 3.31. The predicted molar refractivity (Wildman–Crippen MR) is 64.8 cm³/mol. The van der Waals surface area contributed by atoms with Crippen LogP contribution in [0.15, 0.2) is 18.2 Å². The van der Waals surface area contributed by atoms with Crippen LogP contribution in [0.5, 0.6) is 0 Å². The first-order chi connectivity index (χ1) is 7.54. The molecule has 0 saturated carbocycles. The molecule has 1 aromatic carbocycles. The fraction of sp³-hybridized carbons (Fsp3) is 0.364. The fourth-order valence-corrected chi connectivity index (χ4v) is 1.57. The molecule has 0 aliphatic heterocycles. The SMILES string of the molecule is CCOC(=O)[C@H](N)Cc1ccc(Cl)c(Cl)c1. The number of rotatable bonds is 4. The first-order valence-electron chi connectivity index (χ1n) is 4.90. The largest absolute Gasteiger partial charge is 0.465 e. The van der Waals surface area contributed by atoms with Gasteiger partial charge in [0.15, 0.2) is 0 Å². The van der Waals surface area contributed by atoms with Gasteiger partial charge in [-0.25, -0.2) is 0 Å². The molecule has 2 N–H and O–H groups in total. The Labute approximate surface area is 104 Å². The number of hydrogen-bond donors (Lipinski definition) is 1. The Bertz CT molecular complexity index is 382. The monoisotopic (exact) mass is 261 g/mol. The van der Waals surface area contributed by atoms with Gasteiger partial charge in [-0.05, 0) is 31.0 Å². The Morgan fingerprint density at radius 3 is 2.69 bits per heavy atom. The van der Waals surface area contributed by atoms with Crippen molar-refractivity contribution in [3.63, 3.8) is 0 Å². The number of carbonyl (C=O) groups is 1. The Balaban J connectivity index is 2.66. The number of nitrogens with two attached hydrogens (primary N) is 1. The number of ether oxygens (including phenoxy) is 1. The summed E-state index contributed by atoms with van der Waals surface area (Å²) in [4.78, 5) is 11.3. The molecule has 0 amide bonds. The summed E-state index contributed by atoms with van der Waals surface area (Å²) in [6, 6.07) is 4.49. The highest BCUT2D eigenvalue weighted by Crippen LogP contribution is 2.23. The highest BCUT2D eigenvalue weighted by atomic mass is 35.5. The van der Waals surface area contributed by atoms with E-state index in [1.165, 1.54) is 0 Å². The summed E-state index contributed by atoms with van der Waals surface area (Å²) >= 11 is 11.6. The number of hydrogen-bond acceptors (Lipinski definition) is 3. The smallest absolute Gasteiger partial charge is 0.323 e. The minimum atomic E-state index is -0.669. The van der Waals surface area contributed by atoms with Gasteiger partial charge in [-0.3, -0.25) is 4.79 Å². The van der Waals surface area contributed by atoms with E-state index in [2.05, 4.69) is 0 Å². The molecule has 0 bridgehead atoms. The maximum atomic E-state index is 11.3. The lowest BCUT2D eigenvalue weighted by atomic mass is 10.1. The number of carbonyl (C=O) groups excluding carboxylic acids is 1. The third-order valence-electron chi connectivity index (χ3n) is 2.03. The molecule has 16 heavy (non-hydrogen) atoms. The molecule has 5 heteroatoms. The summed E-state index contributed by atoms with van der Waals surface area (Å²) in [5.41, 5.74) is 6.53. The average Bonchev–Trinajstić information content (AvgIpc) is 2.24. The lowest BCUT2D eigenvalue weighted by Gasteiger charge is -2.10. The van der Waals surface area contributed by atoms with E-state index in [9.17, 15) is 4.79 Å². The third kappa shape index (κ3) is 3.67.